The number of hydrogen-bond acceptors (Lipinski definition) is 5. The summed E-state index contributed by atoms with van der Waals surface area (Å²) < 4.78 is 22.5. The Morgan fingerprint density at radius 1 is 1.48 bits per heavy atom. The molecule has 0 spiro atoms. The van der Waals surface area contributed by atoms with E-state index in [0.717, 1.165) is 0 Å². The molecule has 0 heterocycles. The lowest BCUT2D eigenvalue weighted by Crippen LogP contribution is -2.38. The summed E-state index contributed by atoms with van der Waals surface area (Å²) in [6, 6.07) is 4.82. The lowest BCUT2D eigenvalue weighted by molar-refractivity contribution is -0.119. The summed E-state index contributed by atoms with van der Waals surface area (Å²) in [5, 5.41) is 2.71. The molecule has 2 atom stereocenters. The SMILES string of the molecule is CCOc1ccc(N)c(S(=O)CC(=O)NC(C)COC)c1. The van der Waals surface area contributed by atoms with Crippen molar-refractivity contribution in [3.63, 3.8) is 0 Å². The highest BCUT2D eigenvalue weighted by Crippen LogP contribution is 2.23. The van der Waals surface area contributed by atoms with E-state index in [1.807, 2.05) is 13.8 Å². The summed E-state index contributed by atoms with van der Waals surface area (Å²) in [7, 11) is 0.0391. The molecule has 6 nitrogen and oxygen atoms in total. The van der Waals surface area contributed by atoms with Crippen molar-refractivity contribution < 1.29 is 18.5 Å². The van der Waals surface area contributed by atoms with Crippen LogP contribution >= 0.6 is 0 Å². The fraction of sp³-hybridized carbons (Fsp3) is 0.500. The van der Waals surface area contributed by atoms with Crippen LogP contribution in [0.1, 0.15) is 13.8 Å². The largest absolute Gasteiger partial charge is 0.494 e. The van der Waals surface area contributed by atoms with E-state index in [0.29, 0.717) is 29.5 Å². The van der Waals surface area contributed by atoms with Gasteiger partial charge in [0.15, 0.2) is 0 Å². The molecule has 0 aliphatic heterocycles. The van der Waals surface area contributed by atoms with Crippen LogP contribution < -0.4 is 15.8 Å². The van der Waals surface area contributed by atoms with E-state index >= 15 is 0 Å². The van der Waals surface area contributed by atoms with E-state index < -0.39 is 10.8 Å². The molecule has 118 valence electrons. The third kappa shape index (κ3) is 5.73. The minimum atomic E-state index is -1.52. The fourth-order valence-electron chi connectivity index (χ4n) is 1.77. The topological polar surface area (TPSA) is 90.7 Å². The fourth-order valence-corrected chi connectivity index (χ4v) is 2.83. The van der Waals surface area contributed by atoms with Crippen LogP contribution in [-0.4, -0.2) is 42.2 Å². The first kappa shape index (κ1) is 17.5. The Hall–Kier alpha value is -1.60. The van der Waals surface area contributed by atoms with Gasteiger partial charge in [0.2, 0.25) is 5.91 Å². The number of amides is 1. The Balaban J connectivity index is 2.70. The molecule has 0 aliphatic carbocycles. The zero-order valence-electron chi connectivity index (χ0n) is 12.5. The van der Waals surface area contributed by atoms with E-state index in [4.69, 9.17) is 15.2 Å². The summed E-state index contributed by atoms with van der Waals surface area (Å²) >= 11 is 0. The first-order valence-electron chi connectivity index (χ1n) is 6.66. The maximum absolute atomic E-state index is 12.3. The highest BCUT2D eigenvalue weighted by Gasteiger charge is 2.15. The molecule has 0 fully saturated rings. The average Bonchev–Trinajstić information content (AvgIpc) is 2.41. The number of carbonyl (C=O) groups excluding carboxylic acids is 1. The first-order chi connectivity index (χ1) is 9.97. The maximum atomic E-state index is 12.3. The van der Waals surface area contributed by atoms with Crippen molar-refractivity contribution in [3.05, 3.63) is 18.2 Å². The van der Waals surface area contributed by atoms with Crippen LogP contribution in [0.5, 0.6) is 5.75 Å². The number of benzene rings is 1. The highest BCUT2D eigenvalue weighted by atomic mass is 32.2. The van der Waals surface area contributed by atoms with Gasteiger partial charge in [-0.1, -0.05) is 0 Å². The van der Waals surface area contributed by atoms with Crippen LogP contribution in [0.2, 0.25) is 0 Å². The van der Waals surface area contributed by atoms with E-state index in [1.54, 1.807) is 25.3 Å². The highest BCUT2D eigenvalue weighted by molar-refractivity contribution is 7.86. The molecule has 7 heteroatoms. The Morgan fingerprint density at radius 3 is 2.81 bits per heavy atom. The molecule has 1 aromatic carbocycles. The number of hydrogen-bond donors (Lipinski definition) is 2. The minimum absolute atomic E-state index is 0.133. The Morgan fingerprint density at radius 2 is 2.19 bits per heavy atom. The maximum Gasteiger partial charge on any atom is 0.233 e. The summed E-state index contributed by atoms with van der Waals surface area (Å²) in [5.41, 5.74) is 6.19. The second kappa shape index (κ2) is 8.63. The lowest BCUT2D eigenvalue weighted by Gasteiger charge is -2.13. The number of rotatable bonds is 8. The normalized spacial score (nSPS) is 13.5. The van der Waals surface area contributed by atoms with E-state index in [2.05, 4.69) is 5.32 Å². The molecule has 3 N–H and O–H groups in total. The van der Waals surface area contributed by atoms with Gasteiger partial charge in [0, 0.05) is 18.8 Å². The molecule has 0 saturated heterocycles. The zero-order chi connectivity index (χ0) is 15.8. The van der Waals surface area contributed by atoms with Gasteiger partial charge in [-0.2, -0.15) is 0 Å². The van der Waals surface area contributed by atoms with Crippen molar-refractivity contribution in [1.82, 2.24) is 5.32 Å². The molecule has 0 aliphatic rings. The predicted molar refractivity (Wildman–Crippen MR) is 82.8 cm³/mol. The van der Waals surface area contributed by atoms with E-state index in [1.165, 1.54) is 0 Å². The standard InChI is InChI=1S/C14H22N2O4S/c1-4-20-11-5-6-12(15)13(7-11)21(18)9-14(17)16-10(2)8-19-3/h5-7,10H,4,8-9,15H2,1-3H3,(H,16,17). The van der Waals surface area contributed by atoms with Gasteiger partial charge < -0.3 is 20.5 Å². The average molecular weight is 314 g/mol. The van der Waals surface area contributed by atoms with E-state index in [9.17, 15) is 9.00 Å². The smallest absolute Gasteiger partial charge is 0.233 e. The van der Waals surface area contributed by atoms with Crippen molar-refractivity contribution in [1.29, 1.82) is 0 Å². The van der Waals surface area contributed by atoms with Crippen molar-refractivity contribution in [2.24, 2.45) is 0 Å². The zero-order valence-corrected chi connectivity index (χ0v) is 13.4. The molecule has 0 radical (unpaired) electrons. The van der Waals surface area contributed by atoms with Crippen LogP contribution in [0, 0.1) is 0 Å². The number of anilines is 1. The van der Waals surface area contributed by atoms with Crippen LogP contribution in [0.25, 0.3) is 0 Å². The number of carbonyl (C=O) groups is 1. The van der Waals surface area contributed by atoms with Crippen LogP contribution in [0.3, 0.4) is 0 Å². The summed E-state index contributed by atoms with van der Waals surface area (Å²) in [5.74, 6) is 0.135. The Bertz CT molecular complexity index is 508. The van der Waals surface area contributed by atoms with Gasteiger partial charge in [-0.25, -0.2) is 0 Å². The van der Waals surface area contributed by atoms with Crippen molar-refractivity contribution in [3.8, 4) is 5.75 Å². The molecule has 1 amide bonds. The van der Waals surface area contributed by atoms with Crippen molar-refractivity contribution in [2.45, 2.75) is 24.8 Å². The number of methoxy groups -OCH3 is 1. The summed E-state index contributed by atoms with van der Waals surface area (Å²) in [4.78, 5) is 12.2. The van der Waals surface area contributed by atoms with Crippen molar-refractivity contribution in [2.75, 3.05) is 31.8 Å². The monoisotopic (exact) mass is 314 g/mol. The van der Waals surface area contributed by atoms with Gasteiger partial charge in [0.1, 0.15) is 11.5 Å². The Kier molecular flexibility index (Phi) is 7.18. The van der Waals surface area contributed by atoms with Gasteiger partial charge in [0.05, 0.1) is 28.9 Å². The van der Waals surface area contributed by atoms with Crippen LogP contribution in [0.15, 0.2) is 23.1 Å². The van der Waals surface area contributed by atoms with Gasteiger partial charge in [-0.05, 0) is 32.0 Å². The molecule has 21 heavy (non-hydrogen) atoms. The van der Waals surface area contributed by atoms with E-state index in [-0.39, 0.29) is 17.7 Å². The second-order valence-corrected chi connectivity index (χ2v) is 5.97. The third-order valence-corrected chi connectivity index (χ3v) is 4.00. The third-order valence-electron chi connectivity index (χ3n) is 2.63. The lowest BCUT2D eigenvalue weighted by atomic mass is 10.3. The Labute approximate surface area is 127 Å². The number of nitrogens with two attached hydrogens (primary N) is 1. The van der Waals surface area contributed by atoms with Crippen LogP contribution in [0.4, 0.5) is 5.69 Å². The molecule has 1 aromatic rings. The molecular weight excluding hydrogens is 292 g/mol. The summed E-state index contributed by atoms with van der Waals surface area (Å²) in [6.45, 7) is 4.58. The number of ether oxygens (including phenoxy) is 2. The molecular formula is C14H22N2O4S. The molecule has 0 aromatic heterocycles. The number of nitrogen functional groups attached to an aromatic ring is 1. The second-order valence-electron chi connectivity index (χ2n) is 4.55. The van der Waals surface area contributed by atoms with Crippen LogP contribution in [-0.2, 0) is 20.3 Å². The van der Waals surface area contributed by atoms with Gasteiger partial charge in [-0.3, -0.25) is 9.00 Å². The molecule has 0 bridgehead atoms. The quantitative estimate of drug-likeness (QED) is 0.697. The van der Waals surface area contributed by atoms with Gasteiger partial charge in [-0.15, -0.1) is 0 Å². The summed E-state index contributed by atoms with van der Waals surface area (Å²) in [6.07, 6.45) is 0. The first-order valence-corrected chi connectivity index (χ1v) is 7.98. The van der Waals surface area contributed by atoms with Crippen molar-refractivity contribution >= 4 is 22.4 Å². The molecule has 1 rings (SSSR count). The molecule has 0 saturated carbocycles. The minimum Gasteiger partial charge on any atom is -0.494 e. The number of nitrogens with one attached hydrogen (secondary N) is 1. The molecule has 2 unspecified atom stereocenters. The predicted octanol–water partition coefficient (Wildman–Crippen LogP) is 0.926. The van der Waals surface area contributed by atoms with Gasteiger partial charge >= 0.3 is 0 Å². The van der Waals surface area contributed by atoms with Gasteiger partial charge in [0.25, 0.3) is 0 Å².